The number of rotatable bonds is 7. The van der Waals surface area contributed by atoms with Crippen LogP contribution in [-0.4, -0.2) is 24.3 Å². The number of alkyl carbamates (subject to hydrolysis) is 1. The molecule has 1 unspecified atom stereocenters. The summed E-state index contributed by atoms with van der Waals surface area (Å²) in [7, 11) is 0. The van der Waals surface area contributed by atoms with Crippen molar-refractivity contribution in [3.05, 3.63) is 29.8 Å². The fraction of sp³-hybridized carbons (Fsp3) is 0.731. The van der Waals surface area contributed by atoms with Gasteiger partial charge in [0.05, 0.1) is 6.61 Å². The second-order valence-corrected chi connectivity index (χ2v) is 11.4. The van der Waals surface area contributed by atoms with E-state index in [0.29, 0.717) is 5.41 Å². The third kappa shape index (κ3) is 5.50. The molecule has 5 rings (SSSR count). The average Bonchev–Trinajstić information content (AvgIpc) is 2.58. The molecule has 0 aromatic heterocycles. The van der Waals surface area contributed by atoms with Crippen molar-refractivity contribution in [1.29, 1.82) is 0 Å². The third-order valence-electron chi connectivity index (χ3n) is 7.27. The summed E-state index contributed by atoms with van der Waals surface area (Å²) in [6.45, 7) is 8.45. The van der Waals surface area contributed by atoms with Crippen molar-refractivity contribution in [3.8, 4) is 5.75 Å². The molecule has 1 atom stereocenters. The van der Waals surface area contributed by atoms with Crippen molar-refractivity contribution in [2.24, 2.45) is 23.2 Å². The second kappa shape index (κ2) is 8.43. The molecule has 0 radical (unpaired) electrons. The molecule has 4 aliphatic rings. The molecule has 0 heterocycles. The van der Waals surface area contributed by atoms with Gasteiger partial charge in [0.1, 0.15) is 11.4 Å². The monoisotopic (exact) mass is 413 g/mol. The van der Waals surface area contributed by atoms with Gasteiger partial charge in [0, 0.05) is 6.04 Å². The quantitative estimate of drug-likeness (QED) is 0.585. The molecular weight excluding hydrogens is 374 g/mol. The first-order valence-electron chi connectivity index (χ1n) is 11.9. The zero-order chi connectivity index (χ0) is 21.4. The van der Waals surface area contributed by atoms with Gasteiger partial charge >= 0.3 is 6.09 Å². The highest BCUT2D eigenvalue weighted by Gasteiger charge is 2.50. The van der Waals surface area contributed by atoms with Gasteiger partial charge in [-0.1, -0.05) is 12.1 Å². The van der Waals surface area contributed by atoms with Crippen LogP contribution in [0.4, 0.5) is 4.79 Å². The summed E-state index contributed by atoms with van der Waals surface area (Å²) < 4.78 is 11.6. The maximum absolute atomic E-state index is 12.0. The molecule has 4 heteroatoms. The molecule has 0 saturated heterocycles. The van der Waals surface area contributed by atoms with E-state index < -0.39 is 5.60 Å². The van der Waals surface area contributed by atoms with Crippen molar-refractivity contribution in [1.82, 2.24) is 5.32 Å². The van der Waals surface area contributed by atoms with Gasteiger partial charge in [-0.15, -0.1) is 0 Å². The summed E-state index contributed by atoms with van der Waals surface area (Å²) in [5.41, 5.74) is 1.26. The standard InChI is InChI=1S/C26H39NO3/c1-18(27-24(28)30-25(2,3)4)10-19-6-5-7-23(14-19)29-9-8-26-15-20-11-21(16-26)13-22(12-20)17-26/h5-7,14,18,20-22H,8-13,15-17H2,1-4H3,(H,27,28). The summed E-state index contributed by atoms with van der Waals surface area (Å²) in [5, 5.41) is 2.92. The highest BCUT2D eigenvalue weighted by Crippen LogP contribution is 2.61. The highest BCUT2D eigenvalue weighted by molar-refractivity contribution is 5.68. The summed E-state index contributed by atoms with van der Waals surface area (Å²) in [6.07, 6.45) is 10.4. The van der Waals surface area contributed by atoms with Gasteiger partial charge in [-0.05, 0) is 120 Å². The van der Waals surface area contributed by atoms with Crippen LogP contribution in [0.2, 0.25) is 0 Å². The first-order chi connectivity index (χ1) is 14.2. The molecule has 1 aromatic rings. The molecule has 1 aromatic carbocycles. The van der Waals surface area contributed by atoms with Crippen molar-refractivity contribution in [2.45, 2.75) is 90.7 Å². The molecule has 4 nitrogen and oxygen atoms in total. The lowest BCUT2D eigenvalue weighted by molar-refractivity contribution is -0.0622. The molecule has 1 amide bonds. The summed E-state index contributed by atoms with van der Waals surface area (Å²) >= 11 is 0. The predicted molar refractivity (Wildman–Crippen MR) is 120 cm³/mol. The van der Waals surface area contributed by atoms with Gasteiger partial charge in [-0.25, -0.2) is 4.79 Å². The summed E-state index contributed by atoms with van der Waals surface area (Å²) in [5.74, 6) is 3.94. The predicted octanol–water partition coefficient (Wildman–Crippen LogP) is 6.13. The number of benzene rings is 1. The van der Waals surface area contributed by atoms with E-state index in [2.05, 4.69) is 29.6 Å². The minimum atomic E-state index is -0.478. The van der Waals surface area contributed by atoms with E-state index in [1.807, 2.05) is 27.7 Å². The number of hydrogen-bond acceptors (Lipinski definition) is 3. The zero-order valence-electron chi connectivity index (χ0n) is 19.2. The lowest BCUT2D eigenvalue weighted by Crippen LogP contribution is -2.46. The van der Waals surface area contributed by atoms with Gasteiger partial charge in [0.2, 0.25) is 0 Å². The molecule has 1 N–H and O–H groups in total. The SMILES string of the molecule is CC(Cc1cccc(OCCC23CC4CC(CC(C4)C2)C3)c1)NC(=O)OC(C)(C)C. The van der Waals surface area contributed by atoms with Crippen LogP contribution in [-0.2, 0) is 11.2 Å². The highest BCUT2D eigenvalue weighted by atomic mass is 16.6. The molecule has 30 heavy (non-hydrogen) atoms. The van der Waals surface area contributed by atoms with Crippen molar-refractivity contribution in [3.63, 3.8) is 0 Å². The van der Waals surface area contributed by atoms with Gasteiger partial charge in [0.25, 0.3) is 0 Å². The topological polar surface area (TPSA) is 47.6 Å². The Hall–Kier alpha value is -1.71. The molecule has 4 saturated carbocycles. The maximum Gasteiger partial charge on any atom is 0.407 e. The van der Waals surface area contributed by atoms with Gasteiger partial charge in [0.15, 0.2) is 0 Å². The molecule has 0 aliphatic heterocycles. The summed E-state index contributed by atoms with van der Waals surface area (Å²) in [4.78, 5) is 12.0. The van der Waals surface area contributed by atoms with E-state index in [1.54, 1.807) is 0 Å². The van der Waals surface area contributed by atoms with Crippen LogP contribution in [0.1, 0.15) is 78.2 Å². The number of nitrogens with one attached hydrogen (secondary N) is 1. The number of amides is 1. The van der Waals surface area contributed by atoms with Crippen molar-refractivity contribution < 1.29 is 14.3 Å². The number of carbonyl (C=O) groups excluding carboxylic acids is 1. The Kier molecular flexibility index (Phi) is 6.05. The summed E-state index contributed by atoms with van der Waals surface area (Å²) in [6, 6.07) is 8.32. The first-order valence-corrected chi connectivity index (χ1v) is 11.9. The van der Waals surface area contributed by atoms with Crippen LogP contribution in [0, 0.1) is 23.2 Å². The van der Waals surface area contributed by atoms with E-state index in [4.69, 9.17) is 9.47 Å². The van der Waals surface area contributed by atoms with Crippen LogP contribution in [0.25, 0.3) is 0 Å². The molecule has 0 spiro atoms. The van der Waals surface area contributed by atoms with E-state index >= 15 is 0 Å². The van der Waals surface area contributed by atoms with Gasteiger partial charge < -0.3 is 14.8 Å². The molecule has 4 fully saturated rings. The fourth-order valence-electron chi connectivity index (χ4n) is 6.66. The Morgan fingerprint density at radius 3 is 2.37 bits per heavy atom. The molecule has 166 valence electrons. The van der Waals surface area contributed by atoms with Crippen molar-refractivity contribution >= 4 is 6.09 Å². The van der Waals surface area contributed by atoms with Crippen LogP contribution in [0.15, 0.2) is 24.3 Å². The smallest absolute Gasteiger partial charge is 0.407 e. The largest absolute Gasteiger partial charge is 0.494 e. The van der Waals surface area contributed by atoms with Crippen LogP contribution < -0.4 is 10.1 Å². The van der Waals surface area contributed by atoms with E-state index in [0.717, 1.165) is 36.5 Å². The van der Waals surface area contributed by atoms with E-state index in [-0.39, 0.29) is 12.1 Å². The average molecular weight is 414 g/mol. The van der Waals surface area contributed by atoms with Crippen LogP contribution >= 0.6 is 0 Å². The number of carbonyl (C=O) groups is 1. The van der Waals surface area contributed by atoms with Crippen LogP contribution in [0.5, 0.6) is 5.75 Å². The Morgan fingerprint density at radius 2 is 1.77 bits per heavy atom. The van der Waals surface area contributed by atoms with Crippen LogP contribution in [0.3, 0.4) is 0 Å². The minimum Gasteiger partial charge on any atom is -0.494 e. The third-order valence-corrected chi connectivity index (χ3v) is 7.27. The Labute approximate surface area is 182 Å². The Bertz CT molecular complexity index is 716. The lowest BCUT2D eigenvalue weighted by Gasteiger charge is -2.57. The van der Waals surface area contributed by atoms with Gasteiger partial charge in [-0.2, -0.15) is 0 Å². The maximum atomic E-state index is 12.0. The molecule has 4 bridgehead atoms. The Balaban J connectivity index is 1.25. The second-order valence-electron chi connectivity index (χ2n) is 11.4. The number of hydrogen-bond donors (Lipinski definition) is 1. The minimum absolute atomic E-state index is 0.00197. The molecular formula is C26H39NO3. The Morgan fingerprint density at radius 1 is 1.13 bits per heavy atom. The zero-order valence-corrected chi connectivity index (χ0v) is 19.2. The first kappa shape index (κ1) is 21.5. The normalized spacial score (nSPS) is 30.7. The van der Waals surface area contributed by atoms with Crippen molar-refractivity contribution in [2.75, 3.05) is 6.61 Å². The van der Waals surface area contributed by atoms with E-state index in [9.17, 15) is 4.79 Å². The number of ether oxygens (including phenoxy) is 2. The molecule has 4 aliphatic carbocycles. The fourth-order valence-corrected chi connectivity index (χ4v) is 6.66. The van der Waals surface area contributed by atoms with Gasteiger partial charge in [-0.3, -0.25) is 0 Å². The lowest BCUT2D eigenvalue weighted by atomic mass is 9.49. The van der Waals surface area contributed by atoms with E-state index in [1.165, 1.54) is 50.5 Å².